The highest BCUT2D eigenvalue weighted by molar-refractivity contribution is 7.98. The summed E-state index contributed by atoms with van der Waals surface area (Å²) in [6, 6.07) is 9.64. The standard InChI is InChI=1S/C21H21N7O2S2/c1-11-15(13(3)28-20(23-11)24-21(27-28)31-4)10-16(29)25-26-18(30)17-12(2)22-19(32-17)14-8-6-5-7-9-14/h5-9H,10H2,1-4H3,(H,25,29)(H,26,30). The molecule has 0 radical (unpaired) electrons. The summed E-state index contributed by atoms with van der Waals surface area (Å²) >= 11 is 2.71. The predicted octanol–water partition coefficient (Wildman–Crippen LogP) is 2.90. The number of aromatic nitrogens is 5. The molecule has 0 unspecified atom stereocenters. The van der Waals surface area contributed by atoms with Crippen LogP contribution in [0.1, 0.15) is 32.3 Å². The number of carbonyl (C=O) groups excluding carboxylic acids is 2. The second-order valence-corrected chi connectivity index (χ2v) is 8.82. The van der Waals surface area contributed by atoms with Crippen molar-refractivity contribution < 1.29 is 9.59 Å². The number of thioether (sulfide) groups is 1. The van der Waals surface area contributed by atoms with Gasteiger partial charge in [0.05, 0.1) is 12.1 Å². The van der Waals surface area contributed by atoms with Crippen LogP contribution < -0.4 is 10.9 Å². The van der Waals surface area contributed by atoms with Gasteiger partial charge in [0, 0.05) is 22.5 Å². The maximum absolute atomic E-state index is 12.6. The van der Waals surface area contributed by atoms with Crippen LogP contribution in [0.5, 0.6) is 0 Å². The molecule has 0 atom stereocenters. The van der Waals surface area contributed by atoms with E-state index < -0.39 is 5.91 Å². The van der Waals surface area contributed by atoms with E-state index in [0.29, 0.717) is 27.2 Å². The second-order valence-electron chi connectivity index (χ2n) is 7.05. The van der Waals surface area contributed by atoms with Gasteiger partial charge in [-0.15, -0.1) is 16.4 Å². The SMILES string of the molecule is CSc1nc2nc(C)c(CC(=O)NNC(=O)c3sc(-c4ccccc4)nc3C)c(C)n2n1. The van der Waals surface area contributed by atoms with E-state index in [-0.39, 0.29) is 12.3 Å². The summed E-state index contributed by atoms with van der Waals surface area (Å²) in [5.41, 5.74) is 8.74. The molecule has 164 valence electrons. The van der Waals surface area contributed by atoms with Crippen molar-refractivity contribution in [3.63, 3.8) is 0 Å². The Labute approximate surface area is 192 Å². The summed E-state index contributed by atoms with van der Waals surface area (Å²) < 4.78 is 1.63. The van der Waals surface area contributed by atoms with Crippen molar-refractivity contribution in [2.75, 3.05) is 6.26 Å². The first-order valence-electron chi connectivity index (χ1n) is 9.76. The van der Waals surface area contributed by atoms with Crippen molar-refractivity contribution in [1.82, 2.24) is 35.4 Å². The van der Waals surface area contributed by atoms with Gasteiger partial charge in [-0.1, -0.05) is 42.1 Å². The number of hydrogen-bond donors (Lipinski definition) is 2. The third-order valence-electron chi connectivity index (χ3n) is 4.89. The van der Waals surface area contributed by atoms with E-state index >= 15 is 0 Å². The van der Waals surface area contributed by atoms with Crippen molar-refractivity contribution in [2.45, 2.75) is 32.3 Å². The average molecular weight is 468 g/mol. The maximum Gasteiger partial charge on any atom is 0.281 e. The van der Waals surface area contributed by atoms with E-state index in [1.807, 2.05) is 50.4 Å². The Morgan fingerprint density at radius 3 is 2.50 bits per heavy atom. The van der Waals surface area contributed by atoms with Crippen LogP contribution in [0, 0.1) is 20.8 Å². The van der Waals surface area contributed by atoms with Gasteiger partial charge in [-0.25, -0.2) is 14.5 Å². The van der Waals surface area contributed by atoms with Crippen LogP contribution >= 0.6 is 23.1 Å². The quantitative estimate of drug-likeness (QED) is 0.343. The Balaban J connectivity index is 1.44. The molecule has 0 bridgehead atoms. The van der Waals surface area contributed by atoms with E-state index in [4.69, 9.17) is 0 Å². The summed E-state index contributed by atoms with van der Waals surface area (Å²) in [5, 5.41) is 5.76. The number of aryl methyl sites for hydroxylation is 3. The Morgan fingerprint density at radius 1 is 1.03 bits per heavy atom. The van der Waals surface area contributed by atoms with Crippen LogP contribution in [0.3, 0.4) is 0 Å². The smallest absolute Gasteiger partial charge is 0.273 e. The molecule has 2 N–H and O–H groups in total. The van der Waals surface area contributed by atoms with Gasteiger partial charge in [-0.3, -0.25) is 20.4 Å². The fourth-order valence-electron chi connectivity index (χ4n) is 3.23. The minimum atomic E-state index is -0.404. The first kappa shape index (κ1) is 21.9. The summed E-state index contributed by atoms with van der Waals surface area (Å²) in [6.07, 6.45) is 1.94. The van der Waals surface area contributed by atoms with E-state index in [9.17, 15) is 9.59 Å². The number of carbonyl (C=O) groups is 2. The Hall–Kier alpha value is -3.31. The average Bonchev–Trinajstić information content (AvgIpc) is 3.39. The highest BCUT2D eigenvalue weighted by Crippen LogP contribution is 2.27. The lowest BCUT2D eigenvalue weighted by molar-refractivity contribution is -0.121. The summed E-state index contributed by atoms with van der Waals surface area (Å²) in [7, 11) is 0. The molecule has 3 aromatic heterocycles. The predicted molar refractivity (Wildman–Crippen MR) is 124 cm³/mol. The molecule has 9 nitrogen and oxygen atoms in total. The zero-order chi connectivity index (χ0) is 22.8. The van der Waals surface area contributed by atoms with Gasteiger partial charge in [0.1, 0.15) is 9.88 Å². The van der Waals surface area contributed by atoms with Gasteiger partial charge in [-0.2, -0.15) is 4.98 Å². The zero-order valence-corrected chi connectivity index (χ0v) is 19.6. The van der Waals surface area contributed by atoms with Gasteiger partial charge >= 0.3 is 0 Å². The number of fused-ring (bicyclic) bond motifs is 1. The molecule has 1 aromatic carbocycles. The molecule has 32 heavy (non-hydrogen) atoms. The lowest BCUT2D eigenvalue weighted by atomic mass is 10.1. The number of hydrazine groups is 1. The normalized spacial score (nSPS) is 11.0. The highest BCUT2D eigenvalue weighted by atomic mass is 32.2. The Kier molecular flexibility index (Phi) is 6.19. The van der Waals surface area contributed by atoms with Crippen molar-refractivity contribution in [2.24, 2.45) is 0 Å². The van der Waals surface area contributed by atoms with E-state index in [1.165, 1.54) is 23.1 Å². The van der Waals surface area contributed by atoms with Crippen LogP contribution in [0.15, 0.2) is 35.5 Å². The molecule has 0 aliphatic heterocycles. The molecule has 2 amide bonds. The minimum absolute atomic E-state index is 0.0479. The number of nitrogens with one attached hydrogen (secondary N) is 2. The molecule has 0 saturated carbocycles. The second kappa shape index (κ2) is 9.05. The summed E-state index contributed by atoms with van der Waals surface area (Å²) in [5.74, 6) is -0.267. The van der Waals surface area contributed by atoms with E-state index in [2.05, 4.69) is 30.9 Å². The minimum Gasteiger partial charge on any atom is -0.273 e. The topological polar surface area (TPSA) is 114 Å². The van der Waals surface area contributed by atoms with Gasteiger partial charge in [0.25, 0.3) is 11.7 Å². The van der Waals surface area contributed by atoms with Gasteiger partial charge in [0.2, 0.25) is 11.1 Å². The van der Waals surface area contributed by atoms with Gasteiger partial charge in [-0.05, 0) is 27.0 Å². The molecule has 3 heterocycles. The molecule has 4 rings (SSSR count). The first-order valence-corrected chi connectivity index (χ1v) is 11.8. The maximum atomic E-state index is 12.6. The molecule has 0 fully saturated rings. The van der Waals surface area contributed by atoms with E-state index in [1.54, 1.807) is 11.4 Å². The van der Waals surface area contributed by atoms with Crippen LogP contribution in [0.4, 0.5) is 0 Å². The zero-order valence-electron chi connectivity index (χ0n) is 18.0. The third kappa shape index (κ3) is 4.34. The Bertz CT molecular complexity index is 1310. The molecule has 0 saturated heterocycles. The largest absolute Gasteiger partial charge is 0.281 e. The fraction of sp³-hybridized carbons (Fsp3) is 0.238. The van der Waals surface area contributed by atoms with Crippen LogP contribution in [0.25, 0.3) is 16.3 Å². The molecule has 4 aromatic rings. The third-order valence-corrected chi connectivity index (χ3v) is 6.63. The number of amides is 2. The lowest BCUT2D eigenvalue weighted by Crippen LogP contribution is -2.42. The monoisotopic (exact) mass is 467 g/mol. The van der Waals surface area contributed by atoms with Crippen LogP contribution in [0.2, 0.25) is 0 Å². The van der Waals surface area contributed by atoms with Gasteiger partial charge in [0.15, 0.2) is 0 Å². The number of benzene rings is 1. The Morgan fingerprint density at radius 2 is 1.78 bits per heavy atom. The van der Waals surface area contributed by atoms with Gasteiger partial charge < -0.3 is 0 Å². The number of rotatable bonds is 5. The van der Waals surface area contributed by atoms with Crippen molar-refractivity contribution in [3.05, 3.63) is 57.9 Å². The first-order chi connectivity index (χ1) is 15.4. The van der Waals surface area contributed by atoms with Crippen molar-refractivity contribution in [3.8, 4) is 10.6 Å². The van der Waals surface area contributed by atoms with Crippen molar-refractivity contribution >= 4 is 40.7 Å². The number of hydrogen-bond acceptors (Lipinski definition) is 8. The van der Waals surface area contributed by atoms with Crippen LogP contribution in [-0.2, 0) is 11.2 Å². The molecule has 0 spiro atoms. The highest BCUT2D eigenvalue weighted by Gasteiger charge is 2.19. The molecular formula is C21H21N7O2S2. The fourth-order valence-corrected chi connectivity index (χ4v) is 4.53. The summed E-state index contributed by atoms with van der Waals surface area (Å²) in [4.78, 5) is 38.9. The summed E-state index contributed by atoms with van der Waals surface area (Å²) in [6.45, 7) is 5.47. The number of nitrogens with zero attached hydrogens (tertiary/aromatic N) is 5. The van der Waals surface area contributed by atoms with Crippen molar-refractivity contribution in [1.29, 1.82) is 0 Å². The number of thiazole rings is 1. The van der Waals surface area contributed by atoms with Crippen LogP contribution in [-0.4, -0.2) is 42.6 Å². The molecule has 11 heteroatoms. The molecular weight excluding hydrogens is 446 g/mol. The molecule has 0 aliphatic carbocycles. The molecule has 0 aliphatic rings. The van der Waals surface area contributed by atoms with E-state index in [0.717, 1.165) is 21.8 Å². The lowest BCUT2D eigenvalue weighted by Gasteiger charge is -2.11.